The van der Waals surface area contributed by atoms with Gasteiger partial charge in [-0.05, 0) is 46.1 Å². The molecule has 18 heavy (non-hydrogen) atoms. The molecule has 4 nitrogen and oxygen atoms in total. The van der Waals surface area contributed by atoms with Gasteiger partial charge in [-0.15, -0.1) is 0 Å². The minimum absolute atomic E-state index is 0.282. The molecule has 106 valence electrons. The van der Waals surface area contributed by atoms with E-state index in [2.05, 4.69) is 11.8 Å². The number of carbonyl (C=O) groups is 1. The Kier molecular flexibility index (Phi) is 6.09. The summed E-state index contributed by atoms with van der Waals surface area (Å²) in [5.41, 5.74) is 5.19. The number of ether oxygens (including phenoxy) is 1. The van der Waals surface area contributed by atoms with Gasteiger partial charge in [0.1, 0.15) is 5.54 Å². The van der Waals surface area contributed by atoms with Crippen LogP contribution in [0.15, 0.2) is 0 Å². The van der Waals surface area contributed by atoms with E-state index >= 15 is 0 Å². The first-order chi connectivity index (χ1) is 8.51. The molecule has 0 radical (unpaired) electrons. The van der Waals surface area contributed by atoms with Crippen LogP contribution in [0.1, 0.15) is 52.9 Å². The Morgan fingerprint density at radius 3 is 2.78 bits per heavy atom. The summed E-state index contributed by atoms with van der Waals surface area (Å²) in [6, 6.07) is 0.664. The third kappa shape index (κ3) is 4.25. The Morgan fingerprint density at radius 1 is 1.44 bits per heavy atom. The number of nitrogens with two attached hydrogens (primary N) is 1. The zero-order chi connectivity index (χ0) is 13.6. The Hall–Kier alpha value is -0.610. The number of piperidine rings is 1. The molecular weight excluding hydrogens is 228 g/mol. The van der Waals surface area contributed by atoms with Crippen LogP contribution in [0.5, 0.6) is 0 Å². The lowest BCUT2D eigenvalue weighted by atomic mass is 9.95. The van der Waals surface area contributed by atoms with Crippen molar-refractivity contribution in [1.82, 2.24) is 4.90 Å². The molecule has 1 aliphatic heterocycles. The van der Waals surface area contributed by atoms with Crippen LogP contribution >= 0.6 is 0 Å². The number of carbonyl (C=O) groups excluding carboxylic acids is 1. The maximum Gasteiger partial charge on any atom is 0.325 e. The summed E-state index contributed by atoms with van der Waals surface area (Å²) in [7, 11) is 0. The van der Waals surface area contributed by atoms with E-state index in [4.69, 9.17) is 10.5 Å². The third-order valence-electron chi connectivity index (χ3n) is 3.88. The van der Waals surface area contributed by atoms with E-state index in [0.717, 1.165) is 13.1 Å². The zero-order valence-electron chi connectivity index (χ0n) is 12.1. The predicted molar refractivity (Wildman–Crippen MR) is 73.3 cm³/mol. The molecule has 1 heterocycles. The smallest absolute Gasteiger partial charge is 0.325 e. The van der Waals surface area contributed by atoms with E-state index in [9.17, 15) is 4.79 Å². The van der Waals surface area contributed by atoms with Crippen LogP contribution in [0.25, 0.3) is 0 Å². The van der Waals surface area contributed by atoms with E-state index in [1.165, 1.54) is 25.7 Å². The number of rotatable bonds is 6. The van der Waals surface area contributed by atoms with Gasteiger partial charge in [0.25, 0.3) is 0 Å². The molecule has 0 amide bonds. The van der Waals surface area contributed by atoms with Crippen molar-refractivity contribution in [3.63, 3.8) is 0 Å². The Morgan fingerprint density at radius 2 is 2.17 bits per heavy atom. The van der Waals surface area contributed by atoms with Crippen LogP contribution in [-0.2, 0) is 9.53 Å². The monoisotopic (exact) mass is 256 g/mol. The minimum Gasteiger partial charge on any atom is -0.465 e. The molecular formula is C14H28N2O2. The third-order valence-corrected chi connectivity index (χ3v) is 3.88. The zero-order valence-corrected chi connectivity index (χ0v) is 12.1. The van der Waals surface area contributed by atoms with Crippen LogP contribution in [0.2, 0.25) is 0 Å². The summed E-state index contributed by atoms with van der Waals surface area (Å²) in [5, 5.41) is 0. The summed E-state index contributed by atoms with van der Waals surface area (Å²) in [6.45, 7) is 8.24. The van der Waals surface area contributed by atoms with Crippen LogP contribution in [-0.4, -0.2) is 42.1 Å². The molecule has 4 heteroatoms. The minimum atomic E-state index is -0.855. The van der Waals surface area contributed by atoms with E-state index in [-0.39, 0.29) is 5.97 Å². The molecule has 1 fully saturated rings. The predicted octanol–water partition coefficient (Wildman–Crippen LogP) is 1.92. The quantitative estimate of drug-likeness (QED) is 0.738. The number of likely N-dealkylation sites (tertiary alicyclic amines) is 1. The summed E-state index contributed by atoms with van der Waals surface area (Å²) >= 11 is 0. The topological polar surface area (TPSA) is 55.6 Å². The first-order valence-corrected chi connectivity index (χ1v) is 7.21. The second kappa shape index (κ2) is 7.10. The molecule has 0 spiro atoms. The molecule has 0 aromatic heterocycles. The van der Waals surface area contributed by atoms with E-state index in [1.54, 1.807) is 6.92 Å². The Balaban J connectivity index is 2.44. The van der Waals surface area contributed by atoms with Gasteiger partial charge < -0.3 is 15.4 Å². The molecule has 1 saturated heterocycles. The lowest BCUT2D eigenvalue weighted by Crippen LogP contribution is -2.50. The van der Waals surface area contributed by atoms with Crippen molar-refractivity contribution in [2.75, 3.05) is 19.7 Å². The highest BCUT2D eigenvalue weighted by molar-refractivity contribution is 5.79. The fourth-order valence-corrected chi connectivity index (χ4v) is 2.59. The lowest BCUT2D eigenvalue weighted by Gasteiger charge is -2.36. The first kappa shape index (κ1) is 15.4. The highest BCUT2D eigenvalue weighted by atomic mass is 16.5. The van der Waals surface area contributed by atoms with Crippen molar-refractivity contribution in [3.05, 3.63) is 0 Å². The van der Waals surface area contributed by atoms with Gasteiger partial charge in [0.2, 0.25) is 0 Å². The number of nitrogens with zero attached hydrogens (tertiary/aromatic N) is 1. The van der Waals surface area contributed by atoms with Gasteiger partial charge in [-0.3, -0.25) is 4.79 Å². The molecule has 2 atom stereocenters. The average Bonchev–Trinajstić information content (AvgIpc) is 2.37. The molecule has 2 unspecified atom stereocenters. The molecule has 0 aliphatic carbocycles. The van der Waals surface area contributed by atoms with Crippen LogP contribution in [0.4, 0.5) is 0 Å². The summed E-state index contributed by atoms with van der Waals surface area (Å²) in [6.07, 6.45) is 5.71. The van der Waals surface area contributed by atoms with Crippen molar-refractivity contribution in [2.24, 2.45) is 5.73 Å². The highest BCUT2D eigenvalue weighted by Crippen LogP contribution is 2.21. The standard InChI is InChI=1S/C14H28N2O2/c1-4-12-8-6-7-10-16(12)11-9-14(3,15)13(17)18-5-2/h12H,4-11,15H2,1-3H3. The van der Waals surface area contributed by atoms with E-state index < -0.39 is 5.54 Å². The SMILES string of the molecule is CCOC(=O)C(C)(N)CCN1CCCCC1CC. The van der Waals surface area contributed by atoms with Crippen molar-refractivity contribution >= 4 is 5.97 Å². The highest BCUT2D eigenvalue weighted by Gasteiger charge is 2.31. The summed E-state index contributed by atoms with van der Waals surface area (Å²) in [5.74, 6) is -0.282. The fourth-order valence-electron chi connectivity index (χ4n) is 2.59. The maximum atomic E-state index is 11.7. The van der Waals surface area contributed by atoms with Crippen LogP contribution in [0, 0.1) is 0 Å². The number of hydrogen-bond donors (Lipinski definition) is 1. The van der Waals surface area contributed by atoms with Crippen molar-refractivity contribution in [1.29, 1.82) is 0 Å². The maximum absolute atomic E-state index is 11.7. The van der Waals surface area contributed by atoms with Crippen molar-refractivity contribution < 1.29 is 9.53 Å². The van der Waals surface area contributed by atoms with Gasteiger partial charge in [-0.2, -0.15) is 0 Å². The molecule has 1 aliphatic rings. The second-order valence-electron chi connectivity index (χ2n) is 5.48. The van der Waals surface area contributed by atoms with Gasteiger partial charge in [-0.1, -0.05) is 13.3 Å². The summed E-state index contributed by atoms with van der Waals surface area (Å²) in [4.78, 5) is 14.2. The molecule has 0 saturated carbocycles. The molecule has 2 N–H and O–H groups in total. The molecule has 1 rings (SSSR count). The second-order valence-corrected chi connectivity index (χ2v) is 5.48. The van der Waals surface area contributed by atoms with Gasteiger partial charge in [0.05, 0.1) is 6.61 Å². The fraction of sp³-hybridized carbons (Fsp3) is 0.929. The normalized spacial score (nSPS) is 24.6. The van der Waals surface area contributed by atoms with Crippen LogP contribution < -0.4 is 5.73 Å². The van der Waals surface area contributed by atoms with Crippen molar-refractivity contribution in [3.8, 4) is 0 Å². The van der Waals surface area contributed by atoms with Crippen LogP contribution in [0.3, 0.4) is 0 Å². The van der Waals surface area contributed by atoms with Gasteiger partial charge >= 0.3 is 5.97 Å². The van der Waals surface area contributed by atoms with Gasteiger partial charge in [0.15, 0.2) is 0 Å². The van der Waals surface area contributed by atoms with Gasteiger partial charge in [0, 0.05) is 12.6 Å². The van der Waals surface area contributed by atoms with E-state index in [1.807, 2.05) is 6.92 Å². The van der Waals surface area contributed by atoms with E-state index in [0.29, 0.717) is 19.1 Å². The summed E-state index contributed by atoms with van der Waals surface area (Å²) < 4.78 is 5.02. The molecule has 0 bridgehead atoms. The average molecular weight is 256 g/mol. The number of esters is 1. The van der Waals surface area contributed by atoms with Gasteiger partial charge in [-0.25, -0.2) is 0 Å². The lowest BCUT2D eigenvalue weighted by molar-refractivity contribution is -0.149. The number of hydrogen-bond acceptors (Lipinski definition) is 4. The Bertz CT molecular complexity index is 267. The molecule has 0 aromatic carbocycles. The largest absolute Gasteiger partial charge is 0.465 e. The Labute approximate surface area is 111 Å². The van der Waals surface area contributed by atoms with Crippen molar-refractivity contribution in [2.45, 2.75) is 64.5 Å². The first-order valence-electron chi connectivity index (χ1n) is 7.21. The molecule has 0 aromatic rings.